The Labute approximate surface area is 252 Å². The number of hydrogen-bond acceptors (Lipinski definition) is 6. The van der Waals surface area contributed by atoms with Crippen LogP contribution in [0.2, 0.25) is 0 Å². The fourth-order valence-electron chi connectivity index (χ4n) is 3.56. The minimum atomic E-state index is -0.537. The topological polar surface area (TPSA) is 114 Å². The summed E-state index contributed by atoms with van der Waals surface area (Å²) in [6.07, 6.45) is 1.50. The minimum absolute atomic E-state index is 0.0119. The third-order valence-electron chi connectivity index (χ3n) is 5.59. The van der Waals surface area contributed by atoms with Gasteiger partial charge in [0.25, 0.3) is 11.6 Å². The lowest BCUT2D eigenvalue weighted by atomic mass is 10.1. The van der Waals surface area contributed by atoms with E-state index in [1.165, 1.54) is 18.2 Å². The van der Waals surface area contributed by atoms with Crippen molar-refractivity contribution in [2.75, 3.05) is 5.32 Å². The van der Waals surface area contributed by atoms with Crippen LogP contribution in [-0.2, 0) is 18.0 Å². The number of ether oxygens (including phenoxy) is 2. The lowest BCUT2D eigenvalue weighted by Gasteiger charge is -2.12. The molecule has 4 rings (SSSR count). The molecule has 0 saturated heterocycles. The molecule has 0 aliphatic carbocycles. The number of nitrogens with one attached hydrogen (secondary N) is 1. The van der Waals surface area contributed by atoms with Gasteiger partial charge in [-0.05, 0) is 110 Å². The van der Waals surface area contributed by atoms with E-state index >= 15 is 0 Å². The maximum atomic E-state index is 12.8. The molecule has 0 atom stereocenters. The summed E-state index contributed by atoms with van der Waals surface area (Å²) in [4.78, 5) is 23.2. The maximum absolute atomic E-state index is 12.8. The molecule has 200 valence electrons. The number of amides is 1. The number of rotatable bonds is 10. The van der Waals surface area contributed by atoms with Crippen molar-refractivity contribution >= 4 is 61.9 Å². The van der Waals surface area contributed by atoms with Gasteiger partial charge in [0.2, 0.25) is 0 Å². The van der Waals surface area contributed by atoms with E-state index in [1.54, 1.807) is 48.5 Å². The second kappa shape index (κ2) is 13.7. The summed E-state index contributed by atoms with van der Waals surface area (Å²) in [6, 6.07) is 28.4. The standard InChI is InChI=1S/C30H21BrIN3O5/c31-27-15-22(16-28(32)29(27)40-19-21-6-10-25(11-7-21)35(37)38)14-23(17-33)30(36)34-24-8-12-26(13-9-24)39-18-20-4-2-1-3-5-20/h1-16H,18-19H2,(H,34,36)/b23-14+. The third kappa shape index (κ3) is 7.91. The van der Waals surface area contributed by atoms with Gasteiger partial charge in [-0.15, -0.1) is 0 Å². The van der Waals surface area contributed by atoms with Gasteiger partial charge in [-0.2, -0.15) is 5.26 Å². The largest absolute Gasteiger partial charge is 0.489 e. The summed E-state index contributed by atoms with van der Waals surface area (Å²) < 4.78 is 13.1. The van der Waals surface area contributed by atoms with Crippen LogP contribution in [0, 0.1) is 25.0 Å². The SMILES string of the molecule is N#C/C(=C\c1cc(Br)c(OCc2ccc([N+](=O)[O-])cc2)c(I)c1)C(=O)Nc1ccc(OCc2ccccc2)cc1. The van der Waals surface area contributed by atoms with Crippen LogP contribution in [0.5, 0.6) is 11.5 Å². The smallest absolute Gasteiger partial charge is 0.269 e. The van der Waals surface area contributed by atoms with Crippen LogP contribution in [0.4, 0.5) is 11.4 Å². The van der Waals surface area contributed by atoms with Gasteiger partial charge in [0.15, 0.2) is 0 Å². The number of anilines is 1. The number of nitro groups is 1. The summed E-state index contributed by atoms with van der Waals surface area (Å²) in [5, 5.41) is 23.2. The van der Waals surface area contributed by atoms with E-state index in [-0.39, 0.29) is 17.9 Å². The monoisotopic (exact) mass is 709 g/mol. The van der Waals surface area contributed by atoms with Crippen molar-refractivity contribution in [2.45, 2.75) is 13.2 Å². The Kier molecular flexibility index (Phi) is 9.88. The number of nitriles is 1. The first-order chi connectivity index (χ1) is 19.3. The normalized spacial score (nSPS) is 10.9. The van der Waals surface area contributed by atoms with Crippen LogP contribution in [0.15, 0.2) is 101 Å². The van der Waals surface area contributed by atoms with E-state index in [0.717, 1.165) is 14.7 Å². The number of hydrogen-bond donors (Lipinski definition) is 1. The van der Waals surface area contributed by atoms with Crippen molar-refractivity contribution in [1.29, 1.82) is 5.26 Å². The molecule has 0 fully saturated rings. The molecule has 0 aliphatic heterocycles. The molecule has 0 spiro atoms. The lowest BCUT2D eigenvalue weighted by molar-refractivity contribution is -0.384. The Bertz CT molecular complexity index is 1560. The highest BCUT2D eigenvalue weighted by atomic mass is 127. The first-order valence-electron chi connectivity index (χ1n) is 11.9. The van der Waals surface area contributed by atoms with Crippen LogP contribution in [-0.4, -0.2) is 10.8 Å². The molecule has 1 N–H and O–H groups in total. The predicted molar refractivity (Wildman–Crippen MR) is 164 cm³/mol. The average Bonchev–Trinajstić information content (AvgIpc) is 2.96. The van der Waals surface area contributed by atoms with E-state index in [2.05, 4.69) is 43.8 Å². The molecule has 1 amide bonds. The zero-order valence-corrected chi connectivity index (χ0v) is 24.6. The van der Waals surface area contributed by atoms with Crippen LogP contribution in [0.1, 0.15) is 16.7 Å². The lowest BCUT2D eigenvalue weighted by Crippen LogP contribution is -2.13. The van der Waals surface area contributed by atoms with Gasteiger partial charge in [-0.3, -0.25) is 14.9 Å². The zero-order chi connectivity index (χ0) is 28.5. The molecule has 4 aromatic carbocycles. The number of carbonyl (C=O) groups excluding carboxylic acids is 1. The van der Waals surface area contributed by atoms with Crippen molar-refractivity contribution < 1.29 is 19.2 Å². The second-order valence-corrected chi connectivity index (χ2v) is 10.5. The predicted octanol–water partition coefficient (Wildman–Crippen LogP) is 7.67. The zero-order valence-electron chi connectivity index (χ0n) is 20.8. The fraction of sp³-hybridized carbons (Fsp3) is 0.0667. The molecule has 4 aromatic rings. The Hall–Kier alpha value is -4.21. The van der Waals surface area contributed by atoms with Crippen molar-refractivity contribution in [3.8, 4) is 17.6 Å². The highest BCUT2D eigenvalue weighted by Crippen LogP contribution is 2.33. The second-order valence-electron chi connectivity index (χ2n) is 8.45. The summed E-state index contributed by atoms with van der Waals surface area (Å²) in [7, 11) is 0. The number of carbonyl (C=O) groups is 1. The first kappa shape index (κ1) is 28.8. The van der Waals surface area contributed by atoms with E-state index < -0.39 is 10.8 Å². The molecular weight excluding hydrogens is 689 g/mol. The van der Waals surface area contributed by atoms with Crippen LogP contribution in [0.3, 0.4) is 0 Å². The van der Waals surface area contributed by atoms with Crippen LogP contribution < -0.4 is 14.8 Å². The van der Waals surface area contributed by atoms with Crippen molar-refractivity contribution in [3.63, 3.8) is 0 Å². The maximum Gasteiger partial charge on any atom is 0.269 e. The van der Waals surface area contributed by atoms with E-state index in [0.29, 0.717) is 33.8 Å². The van der Waals surface area contributed by atoms with Gasteiger partial charge in [-0.25, -0.2) is 0 Å². The van der Waals surface area contributed by atoms with Gasteiger partial charge in [0.1, 0.15) is 36.4 Å². The highest BCUT2D eigenvalue weighted by molar-refractivity contribution is 14.1. The molecule has 10 heteroatoms. The van der Waals surface area contributed by atoms with Gasteiger partial charge in [-0.1, -0.05) is 30.3 Å². The minimum Gasteiger partial charge on any atom is -0.489 e. The molecule has 0 saturated carbocycles. The average molecular weight is 710 g/mol. The summed E-state index contributed by atoms with van der Waals surface area (Å²) in [5.74, 6) is 0.701. The highest BCUT2D eigenvalue weighted by Gasteiger charge is 2.13. The van der Waals surface area contributed by atoms with Gasteiger partial charge >= 0.3 is 0 Å². The number of benzene rings is 4. The number of nitro benzene ring substituents is 1. The molecule has 0 bridgehead atoms. The first-order valence-corrected chi connectivity index (χ1v) is 13.7. The molecule has 0 radical (unpaired) electrons. The number of non-ortho nitro benzene ring substituents is 1. The van der Waals surface area contributed by atoms with Gasteiger partial charge < -0.3 is 14.8 Å². The molecular formula is C30H21BrIN3O5. The third-order valence-corrected chi connectivity index (χ3v) is 6.98. The van der Waals surface area contributed by atoms with Crippen molar-refractivity contribution in [1.82, 2.24) is 0 Å². The van der Waals surface area contributed by atoms with Crippen molar-refractivity contribution in [3.05, 3.63) is 131 Å². The summed E-state index contributed by atoms with van der Waals surface area (Å²) in [6.45, 7) is 0.646. The molecule has 0 heterocycles. The Morgan fingerprint density at radius 1 is 0.975 bits per heavy atom. The number of halogens is 2. The molecule has 0 unspecified atom stereocenters. The van der Waals surface area contributed by atoms with Gasteiger partial charge in [0.05, 0.1) is 13.0 Å². The summed E-state index contributed by atoms with van der Waals surface area (Å²) in [5.41, 5.74) is 2.94. The fourth-order valence-corrected chi connectivity index (χ4v) is 5.33. The molecule has 8 nitrogen and oxygen atoms in total. The summed E-state index contributed by atoms with van der Waals surface area (Å²) >= 11 is 5.60. The Morgan fingerprint density at radius 2 is 1.62 bits per heavy atom. The van der Waals surface area contributed by atoms with E-state index in [1.807, 2.05) is 36.4 Å². The Balaban J connectivity index is 1.38. The number of nitrogens with zero attached hydrogens (tertiary/aromatic N) is 2. The van der Waals surface area contributed by atoms with Crippen molar-refractivity contribution in [2.24, 2.45) is 0 Å². The Morgan fingerprint density at radius 3 is 2.25 bits per heavy atom. The van der Waals surface area contributed by atoms with E-state index in [9.17, 15) is 20.2 Å². The molecule has 0 aliphatic rings. The van der Waals surface area contributed by atoms with Crippen LogP contribution in [0.25, 0.3) is 6.08 Å². The quantitative estimate of drug-likeness (QED) is 0.0595. The molecule has 0 aromatic heterocycles. The van der Waals surface area contributed by atoms with E-state index in [4.69, 9.17) is 9.47 Å². The van der Waals surface area contributed by atoms with Gasteiger partial charge in [0, 0.05) is 17.8 Å². The molecule has 40 heavy (non-hydrogen) atoms. The van der Waals surface area contributed by atoms with Crippen LogP contribution >= 0.6 is 38.5 Å².